The minimum atomic E-state index is -0.219. The standard InChI is InChI=1S/C26H20N2O3/c1-2-30-24-16-19-8-4-3-7-18(19)15-21(24)25(29)27-20-13-11-17(12-14-20)26-28-22-9-5-6-10-23(22)31-26/h3-16H,2H2,1H3,(H,27,29). The van der Waals surface area contributed by atoms with Crippen LogP contribution in [0, 0.1) is 0 Å². The number of aromatic nitrogens is 1. The van der Waals surface area contributed by atoms with Crippen LogP contribution in [-0.2, 0) is 0 Å². The molecule has 1 aromatic heterocycles. The van der Waals surface area contributed by atoms with Gasteiger partial charge in [0.2, 0.25) is 5.89 Å². The predicted molar refractivity (Wildman–Crippen MR) is 123 cm³/mol. The molecule has 5 aromatic rings. The number of para-hydroxylation sites is 2. The van der Waals surface area contributed by atoms with E-state index >= 15 is 0 Å². The van der Waals surface area contributed by atoms with Crippen molar-refractivity contribution < 1.29 is 13.9 Å². The molecule has 0 atom stereocenters. The third-order valence-electron chi connectivity index (χ3n) is 5.08. The molecule has 0 bridgehead atoms. The van der Waals surface area contributed by atoms with E-state index in [1.54, 1.807) is 0 Å². The summed E-state index contributed by atoms with van der Waals surface area (Å²) in [5.41, 5.74) is 3.59. The predicted octanol–water partition coefficient (Wildman–Crippen LogP) is 6.30. The molecule has 0 aliphatic carbocycles. The Hall–Kier alpha value is -4.12. The van der Waals surface area contributed by atoms with E-state index in [-0.39, 0.29) is 5.91 Å². The molecule has 0 saturated carbocycles. The number of nitrogens with one attached hydrogen (secondary N) is 1. The second-order valence-corrected chi connectivity index (χ2v) is 7.15. The Balaban J connectivity index is 1.41. The lowest BCUT2D eigenvalue weighted by Gasteiger charge is -2.12. The smallest absolute Gasteiger partial charge is 0.259 e. The third-order valence-corrected chi connectivity index (χ3v) is 5.08. The molecule has 0 radical (unpaired) electrons. The molecule has 5 heteroatoms. The van der Waals surface area contributed by atoms with Crippen molar-refractivity contribution in [2.45, 2.75) is 6.92 Å². The van der Waals surface area contributed by atoms with Crippen molar-refractivity contribution in [3.05, 3.63) is 90.5 Å². The Bertz CT molecular complexity index is 1350. The van der Waals surface area contributed by atoms with Crippen LogP contribution in [0.1, 0.15) is 17.3 Å². The van der Waals surface area contributed by atoms with Gasteiger partial charge in [0.05, 0.1) is 12.2 Å². The molecule has 1 N–H and O–H groups in total. The molecule has 1 heterocycles. The molecular formula is C26H20N2O3. The molecule has 31 heavy (non-hydrogen) atoms. The van der Waals surface area contributed by atoms with Crippen molar-refractivity contribution in [1.29, 1.82) is 0 Å². The van der Waals surface area contributed by atoms with Crippen LogP contribution in [-0.4, -0.2) is 17.5 Å². The van der Waals surface area contributed by atoms with Crippen LogP contribution in [0.2, 0.25) is 0 Å². The summed E-state index contributed by atoms with van der Waals surface area (Å²) in [5.74, 6) is 0.901. The van der Waals surface area contributed by atoms with E-state index in [1.165, 1.54) is 0 Å². The molecule has 0 unspecified atom stereocenters. The lowest BCUT2D eigenvalue weighted by molar-refractivity contribution is 0.102. The van der Waals surface area contributed by atoms with Crippen LogP contribution >= 0.6 is 0 Å². The number of carbonyl (C=O) groups excluding carboxylic acids is 1. The van der Waals surface area contributed by atoms with Gasteiger partial charge in [-0.15, -0.1) is 0 Å². The largest absolute Gasteiger partial charge is 0.493 e. The van der Waals surface area contributed by atoms with E-state index in [0.717, 1.165) is 27.4 Å². The minimum absolute atomic E-state index is 0.219. The summed E-state index contributed by atoms with van der Waals surface area (Å²) in [6.45, 7) is 2.39. The number of carbonyl (C=O) groups is 1. The summed E-state index contributed by atoms with van der Waals surface area (Å²) in [6, 6.07) is 26.8. The fourth-order valence-electron chi connectivity index (χ4n) is 3.56. The third kappa shape index (κ3) is 3.73. The first kappa shape index (κ1) is 18.9. The zero-order chi connectivity index (χ0) is 21.2. The van der Waals surface area contributed by atoms with Gasteiger partial charge in [0.25, 0.3) is 5.91 Å². The summed E-state index contributed by atoms with van der Waals surface area (Å²) in [7, 11) is 0. The summed E-state index contributed by atoms with van der Waals surface area (Å²) in [6.07, 6.45) is 0. The molecule has 0 spiro atoms. The highest BCUT2D eigenvalue weighted by Crippen LogP contribution is 2.28. The number of fused-ring (bicyclic) bond motifs is 2. The van der Waals surface area contributed by atoms with E-state index in [1.807, 2.05) is 91.9 Å². The van der Waals surface area contributed by atoms with Gasteiger partial charge in [0, 0.05) is 11.3 Å². The van der Waals surface area contributed by atoms with Crippen LogP contribution in [0.15, 0.2) is 89.3 Å². The average Bonchev–Trinajstić information content (AvgIpc) is 3.23. The van der Waals surface area contributed by atoms with E-state index < -0.39 is 0 Å². The van der Waals surface area contributed by atoms with Crippen LogP contribution in [0.3, 0.4) is 0 Å². The number of benzene rings is 4. The molecule has 1 amide bonds. The number of oxazole rings is 1. The molecule has 4 aromatic carbocycles. The number of anilines is 1. The maximum absolute atomic E-state index is 13.0. The van der Waals surface area contributed by atoms with Crippen LogP contribution < -0.4 is 10.1 Å². The maximum Gasteiger partial charge on any atom is 0.259 e. The number of hydrogen-bond donors (Lipinski definition) is 1. The first-order valence-electron chi connectivity index (χ1n) is 10.1. The topological polar surface area (TPSA) is 64.4 Å². The minimum Gasteiger partial charge on any atom is -0.493 e. The van der Waals surface area contributed by atoms with E-state index in [0.29, 0.717) is 29.5 Å². The number of ether oxygens (including phenoxy) is 1. The van der Waals surface area contributed by atoms with Gasteiger partial charge in [0.15, 0.2) is 5.58 Å². The molecule has 5 nitrogen and oxygen atoms in total. The summed E-state index contributed by atoms with van der Waals surface area (Å²) < 4.78 is 11.5. The van der Waals surface area contributed by atoms with Gasteiger partial charge in [-0.3, -0.25) is 4.79 Å². The second kappa shape index (κ2) is 7.95. The Morgan fingerprint density at radius 2 is 1.65 bits per heavy atom. The number of nitrogens with zero attached hydrogens (tertiary/aromatic N) is 1. The lowest BCUT2D eigenvalue weighted by Crippen LogP contribution is -2.13. The highest BCUT2D eigenvalue weighted by atomic mass is 16.5. The van der Waals surface area contributed by atoms with E-state index in [4.69, 9.17) is 9.15 Å². The van der Waals surface area contributed by atoms with Crippen molar-refractivity contribution in [2.24, 2.45) is 0 Å². The number of amides is 1. The molecule has 0 saturated heterocycles. The van der Waals surface area contributed by atoms with Gasteiger partial charge in [-0.05, 0) is 66.2 Å². The summed E-state index contributed by atoms with van der Waals surface area (Å²) >= 11 is 0. The van der Waals surface area contributed by atoms with Gasteiger partial charge < -0.3 is 14.5 Å². The highest BCUT2D eigenvalue weighted by Gasteiger charge is 2.15. The number of rotatable bonds is 5. The Kier molecular flexibility index (Phi) is 4.84. The first-order valence-corrected chi connectivity index (χ1v) is 10.1. The van der Waals surface area contributed by atoms with Gasteiger partial charge >= 0.3 is 0 Å². The van der Waals surface area contributed by atoms with Crippen molar-refractivity contribution in [2.75, 3.05) is 11.9 Å². The lowest BCUT2D eigenvalue weighted by atomic mass is 10.1. The van der Waals surface area contributed by atoms with Crippen LogP contribution in [0.5, 0.6) is 5.75 Å². The molecule has 0 fully saturated rings. The zero-order valence-corrected chi connectivity index (χ0v) is 17.0. The summed E-state index contributed by atoms with van der Waals surface area (Å²) in [4.78, 5) is 17.5. The monoisotopic (exact) mass is 408 g/mol. The average molecular weight is 408 g/mol. The zero-order valence-electron chi connectivity index (χ0n) is 17.0. The van der Waals surface area contributed by atoms with E-state index in [9.17, 15) is 4.79 Å². The normalized spacial score (nSPS) is 11.0. The SMILES string of the molecule is CCOc1cc2ccccc2cc1C(=O)Nc1ccc(-c2nc3ccccc3o2)cc1. The van der Waals surface area contributed by atoms with Crippen molar-refractivity contribution in [3.63, 3.8) is 0 Å². The number of hydrogen-bond acceptors (Lipinski definition) is 4. The van der Waals surface area contributed by atoms with Gasteiger partial charge in [-0.25, -0.2) is 4.98 Å². The second-order valence-electron chi connectivity index (χ2n) is 7.15. The molecule has 0 aliphatic heterocycles. The molecule has 0 aliphatic rings. The van der Waals surface area contributed by atoms with Crippen LogP contribution in [0.25, 0.3) is 33.3 Å². The van der Waals surface area contributed by atoms with Gasteiger partial charge in [0.1, 0.15) is 11.3 Å². The Morgan fingerprint density at radius 3 is 2.39 bits per heavy atom. The Morgan fingerprint density at radius 1 is 0.935 bits per heavy atom. The summed E-state index contributed by atoms with van der Waals surface area (Å²) in [5, 5.41) is 4.98. The molecular weight excluding hydrogens is 388 g/mol. The Labute approximate surface area is 179 Å². The van der Waals surface area contributed by atoms with Crippen LogP contribution in [0.4, 0.5) is 5.69 Å². The van der Waals surface area contributed by atoms with E-state index in [2.05, 4.69) is 10.3 Å². The fraction of sp³-hybridized carbons (Fsp3) is 0.0769. The van der Waals surface area contributed by atoms with Crippen molar-refractivity contribution in [1.82, 2.24) is 4.98 Å². The highest BCUT2D eigenvalue weighted by molar-refractivity contribution is 6.08. The van der Waals surface area contributed by atoms with Crippen molar-refractivity contribution >= 4 is 33.5 Å². The maximum atomic E-state index is 13.0. The van der Waals surface area contributed by atoms with Crippen molar-refractivity contribution in [3.8, 4) is 17.2 Å². The first-order chi connectivity index (χ1) is 15.2. The van der Waals surface area contributed by atoms with Gasteiger partial charge in [-0.1, -0.05) is 36.4 Å². The quantitative estimate of drug-likeness (QED) is 0.371. The molecule has 5 rings (SSSR count). The van der Waals surface area contributed by atoms with Gasteiger partial charge in [-0.2, -0.15) is 0 Å². The fourth-order valence-corrected chi connectivity index (χ4v) is 3.56. The molecule has 152 valence electrons.